The summed E-state index contributed by atoms with van der Waals surface area (Å²) in [4.78, 5) is 36.4. The molecule has 26 heavy (non-hydrogen) atoms. The minimum absolute atomic E-state index is 0.138. The van der Waals surface area contributed by atoms with Gasteiger partial charge in [-0.3, -0.25) is 14.6 Å². The average molecular weight is 370 g/mol. The van der Waals surface area contributed by atoms with Gasteiger partial charge >= 0.3 is 0 Å². The third kappa shape index (κ3) is 4.51. The topological polar surface area (TPSA) is 102 Å². The monoisotopic (exact) mass is 370 g/mol. The maximum Gasteiger partial charge on any atom is 0.252 e. The Labute approximate surface area is 154 Å². The number of pyridine rings is 1. The van der Waals surface area contributed by atoms with Gasteiger partial charge in [-0.25, -0.2) is 9.97 Å². The summed E-state index contributed by atoms with van der Waals surface area (Å²) in [5.74, 6) is 0.416. The molecule has 2 amide bonds. The molecule has 0 aliphatic rings. The standard InChI is InChI=1S/C17H18N6O2S/c1-23-9-8-19-15(23)13-11-26-17(21-13)22-14(24)5-3-7-20-16(25)12-4-2-6-18-10-12/h2,4,6,8-11H,3,5,7H2,1H3,(H,20,25)(H,21,22,24). The molecule has 0 aromatic carbocycles. The van der Waals surface area contributed by atoms with Crippen LogP contribution >= 0.6 is 11.3 Å². The smallest absolute Gasteiger partial charge is 0.252 e. The van der Waals surface area contributed by atoms with Gasteiger partial charge in [0, 0.05) is 50.2 Å². The molecule has 0 aliphatic heterocycles. The van der Waals surface area contributed by atoms with Crippen molar-refractivity contribution in [3.05, 3.63) is 47.9 Å². The van der Waals surface area contributed by atoms with E-state index in [1.165, 1.54) is 17.5 Å². The van der Waals surface area contributed by atoms with E-state index in [4.69, 9.17) is 0 Å². The normalized spacial score (nSPS) is 10.5. The van der Waals surface area contributed by atoms with Gasteiger partial charge in [0.05, 0.1) is 5.56 Å². The predicted molar refractivity (Wildman–Crippen MR) is 98.7 cm³/mol. The van der Waals surface area contributed by atoms with Crippen LogP contribution in [0.5, 0.6) is 0 Å². The first-order chi connectivity index (χ1) is 12.6. The molecule has 134 valence electrons. The van der Waals surface area contributed by atoms with Crippen LogP contribution in [0, 0.1) is 0 Å². The van der Waals surface area contributed by atoms with Crippen LogP contribution in [0.3, 0.4) is 0 Å². The Morgan fingerprint density at radius 2 is 2.19 bits per heavy atom. The first kappa shape index (κ1) is 17.7. The second-order valence-electron chi connectivity index (χ2n) is 5.55. The molecule has 8 nitrogen and oxygen atoms in total. The lowest BCUT2D eigenvalue weighted by atomic mass is 10.2. The molecule has 3 aromatic heterocycles. The van der Waals surface area contributed by atoms with Gasteiger partial charge in [0.2, 0.25) is 5.91 Å². The van der Waals surface area contributed by atoms with Crippen LogP contribution < -0.4 is 10.6 Å². The highest BCUT2D eigenvalue weighted by atomic mass is 32.1. The number of nitrogens with zero attached hydrogens (tertiary/aromatic N) is 4. The summed E-state index contributed by atoms with van der Waals surface area (Å²) in [6, 6.07) is 3.40. The van der Waals surface area contributed by atoms with Gasteiger partial charge in [0.1, 0.15) is 5.69 Å². The van der Waals surface area contributed by atoms with Gasteiger partial charge in [-0.1, -0.05) is 0 Å². The van der Waals surface area contributed by atoms with E-state index in [-0.39, 0.29) is 11.8 Å². The predicted octanol–water partition coefficient (Wildman–Crippen LogP) is 2.09. The van der Waals surface area contributed by atoms with Crippen LogP contribution in [0.1, 0.15) is 23.2 Å². The van der Waals surface area contributed by atoms with Crippen molar-refractivity contribution in [1.29, 1.82) is 0 Å². The zero-order chi connectivity index (χ0) is 18.4. The van der Waals surface area contributed by atoms with E-state index < -0.39 is 0 Å². The van der Waals surface area contributed by atoms with E-state index in [1.807, 2.05) is 23.2 Å². The molecule has 3 heterocycles. The second kappa shape index (κ2) is 8.34. The van der Waals surface area contributed by atoms with Crippen molar-refractivity contribution in [1.82, 2.24) is 24.8 Å². The summed E-state index contributed by atoms with van der Waals surface area (Å²) in [5.41, 5.74) is 1.23. The number of rotatable bonds is 7. The van der Waals surface area contributed by atoms with Gasteiger partial charge in [-0.2, -0.15) is 0 Å². The zero-order valence-electron chi connectivity index (χ0n) is 14.2. The van der Waals surface area contributed by atoms with Crippen LogP contribution in [0.25, 0.3) is 11.5 Å². The second-order valence-corrected chi connectivity index (χ2v) is 6.41. The first-order valence-corrected chi connectivity index (χ1v) is 8.93. The number of hydrogen-bond acceptors (Lipinski definition) is 6. The van der Waals surface area contributed by atoms with E-state index >= 15 is 0 Å². The number of hydrogen-bond donors (Lipinski definition) is 2. The molecule has 0 bridgehead atoms. The lowest BCUT2D eigenvalue weighted by Crippen LogP contribution is -2.25. The number of thiazole rings is 1. The fourth-order valence-electron chi connectivity index (χ4n) is 2.28. The summed E-state index contributed by atoms with van der Waals surface area (Å²) in [6.07, 6.45) is 7.49. The van der Waals surface area contributed by atoms with Crippen LogP contribution in [0.4, 0.5) is 5.13 Å². The largest absolute Gasteiger partial charge is 0.352 e. The Kier molecular flexibility index (Phi) is 5.69. The van der Waals surface area contributed by atoms with Gasteiger partial charge in [-0.05, 0) is 18.6 Å². The van der Waals surface area contributed by atoms with Crippen molar-refractivity contribution in [3.8, 4) is 11.5 Å². The number of imidazole rings is 1. The molecule has 3 aromatic rings. The maximum absolute atomic E-state index is 12.0. The summed E-state index contributed by atoms with van der Waals surface area (Å²) in [6.45, 7) is 0.414. The third-order valence-corrected chi connectivity index (χ3v) is 4.35. The van der Waals surface area contributed by atoms with Crippen LogP contribution in [0.2, 0.25) is 0 Å². The maximum atomic E-state index is 12.0. The third-order valence-electron chi connectivity index (χ3n) is 3.59. The van der Waals surface area contributed by atoms with E-state index in [9.17, 15) is 9.59 Å². The summed E-state index contributed by atoms with van der Waals surface area (Å²) >= 11 is 1.35. The van der Waals surface area contributed by atoms with E-state index in [1.54, 1.807) is 24.5 Å². The number of aromatic nitrogens is 4. The van der Waals surface area contributed by atoms with Gasteiger partial charge in [-0.15, -0.1) is 11.3 Å². The highest BCUT2D eigenvalue weighted by molar-refractivity contribution is 7.14. The van der Waals surface area contributed by atoms with Crippen molar-refractivity contribution in [2.75, 3.05) is 11.9 Å². The van der Waals surface area contributed by atoms with Crippen molar-refractivity contribution in [3.63, 3.8) is 0 Å². The Balaban J connectivity index is 1.41. The van der Waals surface area contributed by atoms with Crippen molar-refractivity contribution in [2.45, 2.75) is 12.8 Å². The molecule has 0 saturated heterocycles. The number of anilines is 1. The van der Waals surface area contributed by atoms with Crippen molar-refractivity contribution >= 4 is 28.3 Å². The van der Waals surface area contributed by atoms with E-state index in [0.29, 0.717) is 30.1 Å². The summed E-state index contributed by atoms with van der Waals surface area (Å²) in [5, 5.41) is 7.92. The van der Waals surface area contributed by atoms with Crippen LogP contribution in [-0.4, -0.2) is 37.9 Å². The molecular weight excluding hydrogens is 352 g/mol. The molecule has 0 fully saturated rings. The van der Waals surface area contributed by atoms with Gasteiger partial charge in [0.15, 0.2) is 11.0 Å². The van der Waals surface area contributed by atoms with Crippen molar-refractivity contribution in [2.24, 2.45) is 7.05 Å². The quantitative estimate of drug-likeness (QED) is 0.620. The fourth-order valence-corrected chi connectivity index (χ4v) is 2.98. The van der Waals surface area contributed by atoms with Crippen LogP contribution in [-0.2, 0) is 11.8 Å². The molecule has 9 heteroatoms. The SMILES string of the molecule is Cn1ccnc1-c1csc(NC(=O)CCCNC(=O)c2cccnc2)n1. The molecule has 0 unspecified atom stereocenters. The lowest BCUT2D eigenvalue weighted by Gasteiger charge is -2.05. The summed E-state index contributed by atoms with van der Waals surface area (Å²) in [7, 11) is 1.89. The van der Waals surface area contributed by atoms with E-state index in [2.05, 4.69) is 25.6 Å². The molecule has 3 rings (SSSR count). The molecule has 0 radical (unpaired) electrons. The van der Waals surface area contributed by atoms with Crippen LogP contribution in [0.15, 0.2) is 42.3 Å². The molecule has 2 N–H and O–H groups in total. The number of aryl methyl sites for hydroxylation is 1. The van der Waals surface area contributed by atoms with Crippen molar-refractivity contribution < 1.29 is 9.59 Å². The molecule has 0 saturated carbocycles. The first-order valence-electron chi connectivity index (χ1n) is 8.05. The minimum atomic E-state index is -0.196. The van der Waals surface area contributed by atoms with Gasteiger partial charge in [0.25, 0.3) is 5.91 Å². The molecule has 0 aliphatic carbocycles. The fraction of sp³-hybridized carbons (Fsp3) is 0.235. The molecule has 0 atom stereocenters. The Hall–Kier alpha value is -3.07. The number of amides is 2. The highest BCUT2D eigenvalue weighted by Crippen LogP contribution is 2.23. The Bertz CT molecular complexity index is 890. The number of nitrogens with one attached hydrogen (secondary N) is 2. The Morgan fingerprint density at radius 1 is 1.31 bits per heavy atom. The average Bonchev–Trinajstić information content (AvgIpc) is 3.28. The molecular formula is C17H18N6O2S. The van der Waals surface area contributed by atoms with Gasteiger partial charge < -0.3 is 15.2 Å². The van der Waals surface area contributed by atoms with E-state index in [0.717, 1.165) is 11.5 Å². The molecule has 0 spiro atoms. The Morgan fingerprint density at radius 3 is 2.92 bits per heavy atom. The number of carbonyl (C=O) groups excluding carboxylic acids is 2. The number of carbonyl (C=O) groups is 2. The zero-order valence-corrected chi connectivity index (χ0v) is 15.0. The highest BCUT2D eigenvalue weighted by Gasteiger charge is 2.11. The summed E-state index contributed by atoms with van der Waals surface area (Å²) < 4.78 is 1.87. The minimum Gasteiger partial charge on any atom is -0.352 e. The lowest BCUT2D eigenvalue weighted by molar-refractivity contribution is -0.116.